The van der Waals surface area contributed by atoms with Crippen LogP contribution in [0.1, 0.15) is 15.9 Å². The van der Waals surface area contributed by atoms with Crippen LogP contribution in [-0.4, -0.2) is 10.9 Å². The molecule has 0 radical (unpaired) electrons. The van der Waals surface area contributed by atoms with Gasteiger partial charge in [-0.15, -0.1) is 11.3 Å². The molecule has 0 saturated carbocycles. The molecule has 3 N–H and O–H groups in total. The van der Waals surface area contributed by atoms with Gasteiger partial charge in [-0.1, -0.05) is 6.07 Å². The average molecular weight is 233 g/mol. The number of hydrogen-bond acceptors (Lipinski definition) is 4. The van der Waals surface area contributed by atoms with Crippen LogP contribution >= 0.6 is 11.3 Å². The average Bonchev–Trinajstić information content (AvgIpc) is 2.74. The summed E-state index contributed by atoms with van der Waals surface area (Å²) in [6.07, 6.45) is 1.64. The molecule has 82 valence electrons. The van der Waals surface area contributed by atoms with E-state index in [0.29, 0.717) is 16.4 Å². The zero-order valence-electron chi connectivity index (χ0n) is 8.73. The molecule has 0 spiro atoms. The van der Waals surface area contributed by atoms with Crippen molar-refractivity contribution in [2.45, 2.75) is 6.92 Å². The van der Waals surface area contributed by atoms with E-state index in [0.717, 1.165) is 5.56 Å². The van der Waals surface area contributed by atoms with Gasteiger partial charge in [-0.2, -0.15) is 0 Å². The van der Waals surface area contributed by atoms with E-state index < -0.39 is 0 Å². The van der Waals surface area contributed by atoms with Crippen LogP contribution in [0.3, 0.4) is 0 Å². The van der Waals surface area contributed by atoms with E-state index in [-0.39, 0.29) is 5.91 Å². The summed E-state index contributed by atoms with van der Waals surface area (Å²) in [4.78, 5) is 15.8. The van der Waals surface area contributed by atoms with Crippen LogP contribution < -0.4 is 11.1 Å². The predicted octanol–water partition coefficient (Wildman–Crippen LogP) is 2.29. The Morgan fingerprint density at radius 1 is 1.50 bits per heavy atom. The van der Waals surface area contributed by atoms with Crippen LogP contribution in [0, 0.1) is 6.92 Å². The Hall–Kier alpha value is -1.88. The molecule has 2 aromatic rings. The van der Waals surface area contributed by atoms with Crippen LogP contribution in [-0.2, 0) is 0 Å². The molecule has 0 aliphatic heterocycles. The van der Waals surface area contributed by atoms with Gasteiger partial charge in [0.25, 0.3) is 5.91 Å². The molecule has 1 aromatic carbocycles. The molecule has 0 unspecified atom stereocenters. The Morgan fingerprint density at radius 2 is 2.31 bits per heavy atom. The first kappa shape index (κ1) is 10.6. The Kier molecular flexibility index (Phi) is 2.87. The summed E-state index contributed by atoms with van der Waals surface area (Å²) >= 11 is 1.38. The van der Waals surface area contributed by atoms with Gasteiger partial charge in [0, 0.05) is 22.8 Å². The Labute approximate surface area is 97.1 Å². The highest BCUT2D eigenvalue weighted by Crippen LogP contribution is 2.16. The van der Waals surface area contributed by atoms with Gasteiger partial charge in [-0.05, 0) is 24.6 Å². The molecule has 2 rings (SSSR count). The van der Waals surface area contributed by atoms with E-state index in [1.807, 2.05) is 13.0 Å². The number of thiazole rings is 1. The fourth-order valence-electron chi connectivity index (χ4n) is 1.24. The second-order valence-corrected chi connectivity index (χ2v) is 4.26. The molecule has 0 bridgehead atoms. The summed E-state index contributed by atoms with van der Waals surface area (Å²) in [5, 5.41) is 5.09. The van der Waals surface area contributed by atoms with E-state index >= 15 is 0 Å². The van der Waals surface area contributed by atoms with Crippen LogP contribution in [0.5, 0.6) is 0 Å². The monoisotopic (exact) mass is 233 g/mol. The smallest absolute Gasteiger partial charge is 0.257 e. The molecule has 0 fully saturated rings. The number of benzene rings is 1. The lowest BCUT2D eigenvalue weighted by Crippen LogP contribution is -2.12. The van der Waals surface area contributed by atoms with Crippen molar-refractivity contribution in [2.75, 3.05) is 11.1 Å². The second kappa shape index (κ2) is 4.32. The zero-order chi connectivity index (χ0) is 11.5. The number of nitrogens with one attached hydrogen (secondary N) is 1. The maximum atomic E-state index is 11.8. The standard InChI is InChI=1S/C11H11N3OS/c1-7-2-3-8(6-9(7)12)10(15)14-11-13-4-5-16-11/h2-6H,12H2,1H3,(H,13,14,15). The molecule has 16 heavy (non-hydrogen) atoms. The summed E-state index contributed by atoms with van der Waals surface area (Å²) in [6.45, 7) is 1.90. The van der Waals surface area contributed by atoms with E-state index in [2.05, 4.69) is 10.3 Å². The third-order valence-electron chi connectivity index (χ3n) is 2.19. The maximum absolute atomic E-state index is 11.8. The number of hydrogen-bond donors (Lipinski definition) is 2. The molecule has 1 aromatic heterocycles. The number of nitrogen functional groups attached to an aromatic ring is 1. The minimum atomic E-state index is -0.193. The molecule has 0 atom stereocenters. The lowest BCUT2D eigenvalue weighted by molar-refractivity contribution is 0.102. The number of aromatic nitrogens is 1. The lowest BCUT2D eigenvalue weighted by Gasteiger charge is -2.04. The predicted molar refractivity (Wildman–Crippen MR) is 65.7 cm³/mol. The van der Waals surface area contributed by atoms with Gasteiger partial charge in [0.15, 0.2) is 5.13 Å². The highest BCUT2D eigenvalue weighted by Gasteiger charge is 2.08. The maximum Gasteiger partial charge on any atom is 0.257 e. The van der Waals surface area contributed by atoms with Crippen LogP contribution in [0.15, 0.2) is 29.8 Å². The summed E-state index contributed by atoms with van der Waals surface area (Å²) in [6, 6.07) is 5.24. The fourth-order valence-corrected chi connectivity index (χ4v) is 1.76. The zero-order valence-corrected chi connectivity index (χ0v) is 9.54. The number of amides is 1. The van der Waals surface area contributed by atoms with Gasteiger partial charge in [0.2, 0.25) is 0 Å². The van der Waals surface area contributed by atoms with E-state index in [9.17, 15) is 4.79 Å². The van der Waals surface area contributed by atoms with Crippen molar-refractivity contribution in [3.05, 3.63) is 40.9 Å². The van der Waals surface area contributed by atoms with Crippen LogP contribution in [0.25, 0.3) is 0 Å². The van der Waals surface area contributed by atoms with Crippen molar-refractivity contribution in [1.82, 2.24) is 4.98 Å². The van der Waals surface area contributed by atoms with Crippen molar-refractivity contribution in [3.8, 4) is 0 Å². The first-order chi connectivity index (χ1) is 7.66. The van der Waals surface area contributed by atoms with Crippen molar-refractivity contribution >= 4 is 28.1 Å². The van der Waals surface area contributed by atoms with Gasteiger partial charge < -0.3 is 5.73 Å². The molecule has 1 heterocycles. The molecule has 0 aliphatic rings. The molecule has 1 amide bonds. The SMILES string of the molecule is Cc1ccc(C(=O)Nc2nccs2)cc1N. The molecular formula is C11H11N3OS. The second-order valence-electron chi connectivity index (χ2n) is 3.36. The first-order valence-corrected chi connectivity index (χ1v) is 5.62. The van der Waals surface area contributed by atoms with Gasteiger partial charge in [-0.3, -0.25) is 10.1 Å². The molecule has 0 aliphatic carbocycles. The Bertz CT molecular complexity index is 508. The summed E-state index contributed by atoms with van der Waals surface area (Å²) in [5.41, 5.74) is 7.86. The number of nitrogens with two attached hydrogens (primary N) is 1. The first-order valence-electron chi connectivity index (χ1n) is 4.74. The number of aryl methyl sites for hydroxylation is 1. The number of rotatable bonds is 2. The van der Waals surface area contributed by atoms with Crippen LogP contribution in [0.4, 0.5) is 10.8 Å². The highest BCUT2D eigenvalue weighted by atomic mass is 32.1. The minimum Gasteiger partial charge on any atom is -0.398 e. The van der Waals surface area contributed by atoms with E-state index in [1.165, 1.54) is 11.3 Å². The van der Waals surface area contributed by atoms with Crippen molar-refractivity contribution in [3.63, 3.8) is 0 Å². The molecular weight excluding hydrogens is 222 g/mol. The van der Waals surface area contributed by atoms with Gasteiger partial charge in [0.1, 0.15) is 0 Å². The largest absolute Gasteiger partial charge is 0.398 e. The van der Waals surface area contributed by atoms with Crippen molar-refractivity contribution in [1.29, 1.82) is 0 Å². The number of carbonyl (C=O) groups is 1. The van der Waals surface area contributed by atoms with Gasteiger partial charge in [-0.25, -0.2) is 4.98 Å². The van der Waals surface area contributed by atoms with Gasteiger partial charge in [0.05, 0.1) is 0 Å². The quantitative estimate of drug-likeness (QED) is 0.782. The topological polar surface area (TPSA) is 68.0 Å². The van der Waals surface area contributed by atoms with E-state index in [4.69, 9.17) is 5.73 Å². The van der Waals surface area contributed by atoms with E-state index in [1.54, 1.807) is 23.7 Å². The number of nitrogens with zero attached hydrogens (tertiary/aromatic N) is 1. The van der Waals surface area contributed by atoms with Crippen molar-refractivity contribution < 1.29 is 4.79 Å². The third-order valence-corrected chi connectivity index (χ3v) is 2.88. The summed E-state index contributed by atoms with van der Waals surface area (Å²) in [5.74, 6) is -0.193. The summed E-state index contributed by atoms with van der Waals surface area (Å²) < 4.78 is 0. The number of carbonyl (C=O) groups excluding carboxylic acids is 1. The fraction of sp³-hybridized carbons (Fsp3) is 0.0909. The normalized spacial score (nSPS) is 10.1. The number of anilines is 2. The molecule has 0 saturated heterocycles. The molecule has 5 heteroatoms. The van der Waals surface area contributed by atoms with Gasteiger partial charge >= 0.3 is 0 Å². The third kappa shape index (κ3) is 2.20. The minimum absolute atomic E-state index is 0.193. The Balaban J connectivity index is 2.18. The lowest BCUT2D eigenvalue weighted by atomic mass is 10.1. The van der Waals surface area contributed by atoms with Crippen molar-refractivity contribution in [2.24, 2.45) is 0 Å². The Morgan fingerprint density at radius 3 is 2.94 bits per heavy atom. The van der Waals surface area contributed by atoms with Crippen LogP contribution in [0.2, 0.25) is 0 Å². The molecule has 4 nitrogen and oxygen atoms in total. The summed E-state index contributed by atoms with van der Waals surface area (Å²) in [7, 11) is 0. The highest BCUT2D eigenvalue weighted by molar-refractivity contribution is 7.13.